The van der Waals surface area contributed by atoms with Crippen LogP contribution in [-0.2, 0) is 4.43 Å². The monoisotopic (exact) mass is 404 g/mol. The van der Waals surface area contributed by atoms with Gasteiger partial charge in [-0.25, -0.2) is 8.78 Å². The highest BCUT2D eigenvalue weighted by molar-refractivity contribution is 14.1. The summed E-state index contributed by atoms with van der Waals surface area (Å²) in [6, 6.07) is 0. The number of alkyl halides is 2. The highest BCUT2D eigenvalue weighted by Gasteiger charge is 2.45. The van der Waals surface area contributed by atoms with Crippen LogP contribution < -0.4 is 0 Å². The van der Waals surface area contributed by atoms with Gasteiger partial charge in [-0.05, 0) is 34.7 Å². The van der Waals surface area contributed by atoms with Crippen LogP contribution in [0.2, 0.25) is 18.1 Å². The highest BCUT2D eigenvalue weighted by atomic mass is 127. The van der Waals surface area contributed by atoms with Crippen LogP contribution in [0, 0.1) is 0 Å². The Labute approximate surface area is 131 Å². The molecule has 0 aromatic rings. The first-order valence-electron chi connectivity index (χ1n) is 6.80. The predicted molar refractivity (Wildman–Crippen MR) is 89.7 cm³/mol. The van der Waals surface area contributed by atoms with Crippen LogP contribution >= 0.6 is 22.6 Å². The van der Waals surface area contributed by atoms with Crippen LogP contribution in [-0.4, -0.2) is 20.3 Å². The van der Waals surface area contributed by atoms with E-state index in [1.54, 1.807) is 4.08 Å². The Kier molecular flexibility index (Phi) is 7.70. The van der Waals surface area contributed by atoms with Gasteiger partial charge in [0.15, 0.2) is 8.32 Å². The molecular formula is C14H27F2IOSi. The van der Waals surface area contributed by atoms with Crippen LogP contribution in [0.1, 0.15) is 47.0 Å². The Morgan fingerprint density at radius 1 is 1.26 bits per heavy atom. The summed E-state index contributed by atoms with van der Waals surface area (Å²) in [7, 11) is -2.19. The molecule has 0 radical (unpaired) electrons. The molecule has 0 saturated carbocycles. The molecule has 0 amide bonds. The lowest BCUT2D eigenvalue weighted by Crippen LogP contribution is -2.48. The minimum Gasteiger partial charge on any atom is -0.404 e. The van der Waals surface area contributed by atoms with E-state index in [-0.39, 0.29) is 11.5 Å². The first kappa shape index (κ1) is 19.5. The van der Waals surface area contributed by atoms with Crippen molar-refractivity contribution < 1.29 is 13.2 Å². The quantitative estimate of drug-likeness (QED) is 0.365. The molecule has 0 rings (SSSR count). The molecule has 0 aliphatic heterocycles. The predicted octanol–water partition coefficient (Wildman–Crippen LogP) is 6.15. The lowest BCUT2D eigenvalue weighted by atomic mass is 10.1. The van der Waals surface area contributed by atoms with E-state index in [1.807, 2.05) is 42.6 Å². The van der Waals surface area contributed by atoms with Gasteiger partial charge in [0.25, 0.3) is 5.92 Å². The van der Waals surface area contributed by atoms with Crippen molar-refractivity contribution in [3.8, 4) is 0 Å². The molecule has 0 spiro atoms. The first-order valence-corrected chi connectivity index (χ1v) is 11.0. The topological polar surface area (TPSA) is 9.23 Å². The van der Waals surface area contributed by atoms with Gasteiger partial charge < -0.3 is 4.43 Å². The lowest BCUT2D eigenvalue weighted by Gasteiger charge is -2.40. The van der Waals surface area contributed by atoms with Crippen molar-refractivity contribution in [3.63, 3.8) is 0 Å². The van der Waals surface area contributed by atoms with E-state index < -0.39 is 20.3 Å². The zero-order chi connectivity index (χ0) is 15.3. The molecule has 0 aliphatic carbocycles. The fourth-order valence-corrected chi connectivity index (χ4v) is 3.00. The molecule has 0 aliphatic rings. The molecule has 5 heteroatoms. The summed E-state index contributed by atoms with van der Waals surface area (Å²) in [4.78, 5) is 0. The van der Waals surface area contributed by atoms with Crippen molar-refractivity contribution in [2.45, 2.75) is 77.1 Å². The average Bonchev–Trinajstić information content (AvgIpc) is 2.24. The minimum atomic E-state index is -2.78. The maximum Gasteiger partial charge on any atom is 0.276 e. The van der Waals surface area contributed by atoms with Crippen molar-refractivity contribution in [2.75, 3.05) is 0 Å². The molecule has 19 heavy (non-hydrogen) atoms. The summed E-state index contributed by atoms with van der Waals surface area (Å²) in [6.07, 6.45) is 1.59. The van der Waals surface area contributed by atoms with Crippen molar-refractivity contribution in [3.05, 3.63) is 10.2 Å². The Morgan fingerprint density at radius 2 is 1.79 bits per heavy atom. The fraction of sp³-hybridized carbons (Fsp3) is 0.857. The van der Waals surface area contributed by atoms with E-state index >= 15 is 0 Å². The van der Waals surface area contributed by atoms with Gasteiger partial charge in [0.1, 0.15) is 6.10 Å². The Morgan fingerprint density at radius 3 is 2.16 bits per heavy atom. The van der Waals surface area contributed by atoms with Gasteiger partial charge in [0.05, 0.1) is 0 Å². The minimum absolute atomic E-state index is 0.0643. The van der Waals surface area contributed by atoms with E-state index in [2.05, 4.69) is 20.8 Å². The highest BCUT2D eigenvalue weighted by Crippen LogP contribution is 2.40. The molecule has 1 nitrogen and oxygen atoms in total. The molecule has 0 heterocycles. The number of rotatable bonds is 7. The number of unbranched alkanes of at least 4 members (excludes halogenated alkanes) is 1. The molecule has 0 saturated heterocycles. The third kappa shape index (κ3) is 6.21. The molecule has 0 bridgehead atoms. The van der Waals surface area contributed by atoms with E-state index in [1.165, 1.54) is 6.08 Å². The van der Waals surface area contributed by atoms with Crippen LogP contribution in [0.15, 0.2) is 10.2 Å². The van der Waals surface area contributed by atoms with Crippen LogP contribution in [0.5, 0.6) is 0 Å². The Bertz CT molecular complexity index is 298. The van der Waals surface area contributed by atoms with Gasteiger partial charge >= 0.3 is 0 Å². The zero-order valence-electron chi connectivity index (χ0n) is 12.9. The van der Waals surface area contributed by atoms with E-state index in [0.717, 1.165) is 6.42 Å². The second-order valence-electron chi connectivity index (χ2n) is 6.48. The molecule has 1 atom stereocenters. The summed E-state index contributed by atoms with van der Waals surface area (Å²) >= 11 is 1.97. The maximum absolute atomic E-state index is 14.2. The van der Waals surface area contributed by atoms with Gasteiger partial charge in [0.2, 0.25) is 0 Å². The van der Waals surface area contributed by atoms with Crippen molar-refractivity contribution in [1.29, 1.82) is 0 Å². The summed E-state index contributed by atoms with van der Waals surface area (Å²) in [5.41, 5.74) is 0. The van der Waals surface area contributed by atoms with Gasteiger partial charge in [-0.3, -0.25) is 0 Å². The normalized spacial score (nSPS) is 16.1. The summed E-state index contributed by atoms with van der Waals surface area (Å²) in [6.45, 7) is 12.1. The first-order chi connectivity index (χ1) is 8.48. The van der Waals surface area contributed by atoms with E-state index in [0.29, 0.717) is 6.42 Å². The maximum atomic E-state index is 14.2. The molecular weight excluding hydrogens is 377 g/mol. The molecule has 114 valence electrons. The third-order valence-corrected chi connectivity index (χ3v) is 8.63. The number of halogens is 3. The Balaban J connectivity index is 5.03. The number of hydrogen-bond donors (Lipinski definition) is 0. The largest absolute Gasteiger partial charge is 0.404 e. The van der Waals surface area contributed by atoms with Crippen LogP contribution in [0.4, 0.5) is 8.78 Å². The molecule has 0 unspecified atom stereocenters. The second kappa shape index (κ2) is 7.50. The van der Waals surface area contributed by atoms with Gasteiger partial charge in [-0.2, -0.15) is 0 Å². The summed E-state index contributed by atoms with van der Waals surface area (Å²) in [5, 5.41) is -0.0643. The smallest absolute Gasteiger partial charge is 0.276 e. The van der Waals surface area contributed by atoms with Gasteiger partial charge in [-0.15, -0.1) is 0 Å². The second-order valence-corrected chi connectivity index (χ2v) is 12.0. The Hall–Kier alpha value is 0.507. The molecule has 0 aromatic carbocycles. The molecule has 0 fully saturated rings. The third-order valence-electron chi connectivity index (χ3n) is 3.76. The standard InChI is InChI=1S/C14H27F2IOSi/c1-7-8-10-14(15,16)12(9-11-17)18-19(5,6)13(2,3)4/h9,11-12H,7-8,10H2,1-6H3/b11-9+/t12-/m0/s1. The SMILES string of the molecule is CCCCC(F)(F)[C@H](/C=C/I)O[Si](C)(C)C(C)(C)C. The van der Waals surface area contributed by atoms with Crippen molar-refractivity contribution in [2.24, 2.45) is 0 Å². The van der Waals surface area contributed by atoms with Crippen LogP contribution in [0.3, 0.4) is 0 Å². The summed E-state index contributed by atoms with van der Waals surface area (Å²) in [5.74, 6) is -2.78. The van der Waals surface area contributed by atoms with Gasteiger partial charge in [-0.1, -0.05) is 56.7 Å². The zero-order valence-corrected chi connectivity index (χ0v) is 16.1. The van der Waals surface area contributed by atoms with Gasteiger partial charge in [0, 0.05) is 6.42 Å². The summed E-state index contributed by atoms with van der Waals surface area (Å²) < 4.78 is 36.0. The lowest BCUT2D eigenvalue weighted by molar-refractivity contribution is -0.0870. The van der Waals surface area contributed by atoms with Crippen molar-refractivity contribution in [1.82, 2.24) is 0 Å². The van der Waals surface area contributed by atoms with E-state index in [9.17, 15) is 8.78 Å². The van der Waals surface area contributed by atoms with Crippen molar-refractivity contribution >= 4 is 30.9 Å². The molecule has 0 aromatic heterocycles. The average molecular weight is 404 g/mol. The van der Waals surface area contributed by atoms with E-state index in [4.69, 9.17) is 4.43 Å². The number of hydrogen-bond acceptors (Lipinski definition) is 1. The fourth-order valence-electron chi connectivity index (χ4n) is 1.38. The van der Waals surface area contributed by atoms with Crippen LogP contribution in [0.25, 0.3) is 0 Å². The molecule has 0 N–H and O–H groups in total.